The van der Waals surface area contributed by atoms with Gasteiger partial charge in [-0.15, -0.1) is 0 Å². The van der Waals surface area contributed by atoms with Crippen LogP contribution in [0.3, 0.4) is 0 Å². The summed E-state index contributed by atoms with van der Waals surface area (Å²) in [5.74, 6) is -1.34. The maximum absolute atomic E-state index is 12.5. The third kappa shape index (κ3) is 2.01. The number of rotatable bonds is 1. The van der Waals surface area contributed by atoms with Gasteiger partial charge in [0.25, 0.3) is 0 Å². The molecule has 2 fully saturated rings. The zero-order valence-corrected chi connectivity index (χ0v) is 11.8. The van der Waals surface area contributed by atoms with Crippen molar-refractivity contribution in [2.24, 2.45) is 23.7 Å². The highest BCUT2D eigenvalue weighted by atomic mass is 32.1. The van der Waals surface area contributed by atoms with Crippen LogP contribution in [0.25, 0.3) is 0 Å². The Bertz CT molecular complexity index is 520. The van der Waals surface area contributed by atoms with Gasteiger partial charge < -0.3 is 5.32 Å². The molecule has 19 heavy (non-hydrogen) atoms. The largest absolute Gasteiger partial charge is 0.344 e. The summed E-state index contributed by atoms with van der Waals surface area (Å²) in [4.78, 5) is 26.2. The molecule has 0 aromatic carbocycles. The first-order valence-corrected chi connectivity index (χ1v) is 7.17. The Labute approximate surface area is 122 Å². The van der Waals surface area contributed by atoms with E-state index in [2.05, 4.69) is 5.32 Å². The van der Waals surface area contributed by atoms with Gasteiger partial charge >= 0.3 is 0 Å². The number of carbonyl (C=O) groups excluding carboxylic acids is 2. The second kappa shape index (κ2) is 4.72. The van der Waals surface area contributed by atoms with E-state index in [0.717, 1.165) is 0 Å². The number of nitrogens with one attached hydrogen (secondary N) is 1. The predicted molar refractivity (Wildman–Crippen MR) is 79.8 cm³/mol. The number of allylic oxidation sites excluding steroid dienone is 4. The molecule has 0 radical (unpaired) electrons. The van der Waals surface area contributed by atoms with E-state index < -0.39 is 5.92 Å². The number of fused-ring (bicyclic) bond motifs is 1. The van der Waals surface area contributed by atoms with Crippen LogP contribution in [0.2, 0.25) is 0 Å². The highest BCUT2D eigenvalue weighted by Crippen LogP contribution is 2.40. The Kier molecular flexibility index (Phi) is 3.19. The van der Waals surface area contributed by atoms with Crippen molar-refractivity contribution in [2.45, 2.75) is 12.8 Å². The van der Waals surface area contributed by atoms with Crippen molar-refractivity contribution in [1.82, 2.24) is 5.32 Å². The van der Waals surface area contributed by atoms with E-state index in [1.54, 1.807) is 0 Å². The van der Waals surface area contributed by atoms with Crippen molar-refractivity contribution in [2.75, 3.05) is 0 Å². The molecule has 3 unspecified atom stereocenters. The average molecular weight is 291 g/mol. The molecule has 5 heteroatoms. The van der Waals surface area contributed by atoms with Gasteiger partial charge in [-0.3, -0.25) is 9.59 Å². The molecule has 1 saturated heterocycles. The molecular weight excluding hydrogens is 278 g/mol. The van der Waals surface area contributed by atoms with Crippen molar-refractivity contribution < 1.29 is 9.59 Å². The van der Waals surface area contributed by atoms with E-state index in [1.165, 1.54) is 0 Å². The Balaban J connectivity index is 1.89. The van der Waals surface area contributed by atoms with E-state index >= 15 is 0 Å². The molecule has 98 valence electrons. The number of ketones is 2. The third-order valence-corrected chi connectivity index (χ3v) is 4.80. The summed E-state index contributed by atoms with van der Waals surface area (Å²) in [6.07, 6.45) is 8.71. The highest BCUT2D eigenvalue weighted by Gasteiger charge is 2.51. The fourth-order valence-electron chi connectivity index (χ4n) is 3.13. The average Bonchev–Trinajstić information content (AvgIpc) is 2.64. The first kappa shape index (κ1) is 12.8. The van der Waals surface area contributed by atoms with Gasteiger partial charge in [0.2, 0.25) is 0 Å². The Morgan fingerprint density at radius 3 is 2.16 bits per heavy atom. The van der Waals surface area contributed by atoms with Crippen molar-refractivity contribution in [3.63, 3.8) is 0 Å². The summed E-state index contributed by atoms with van der Waals surface area (Å²) in [6.45, 7) is 0. The molecule has 0 amide bonds. The molecule has 3 rings (SSSR count). The van der Waals surface area contributed by atoms with Crippen LogP contribution >= 0.6 is 24.4 Å². The summed E-state index contributed by atoms with van der Waals surface area (Å²) in [6, 6.07) is 0. The Hall–Kier alpha value is -1.20. The normalized spacial score (nSPS) is 37.5. The highest BCUT2D eigenvalue weighted by molar-refractivity contribution is 7.82. The number of thiocarbonyl (C=S) groups is 2. The number of hydrogen-bond acceptors (Lipinski definition) is 4. The molecule has 1 heterocycles. The molecule has 0 aromatic rings. The van der Waals surface area contributed by atoms with Gasteiger partial charge in [-0.05, 0) is 12.8 Å². The minimum atomic E-state index is -0.592. The quantitative estimate of drug-likeness (QED) is 0.589. The van der Waals surface area contributed by atoms with Crippen LogP contribution in [0.5, 0.6) is 0 Å². The lowest BCUT2D eigenvalue weighted by Crippen LogP contribution is -2.44. The molecule has 1 N–H and O–H groups in total. The fraction of sp³-hybridized carbons (Fsp3) is 0.429. The van der Waals surface area contributed by atoms with Crippen molar-refractivity contribution in [3.05, 3.63) is 24.3 Å². The molecular formula is C14H13NO2S2. The fourth-order valence-corrected chi connectivity index (χ4v) is 3.80. The van der Waals surface area contributed by atoms with Crippen LogP contribution < -0.4 is 5.32 Å². The van der Waals surface area contributed by atoms with Crippen LogP contribution in [0.4, 0.5) is 0 Å². The van der Waals surface area contributed by atoms with Crippen LogP contribution in [0, 0.1) is 23.7 Å². The van der Waals surface area contributed by atoms with Crippen LogP contribution in [-0.2, 0) is 9.59 Å². The van der Waals surface area contributed by atoms with Crippen LogP contribution in [-0.4, -0.2) is 21.5 Å². The first-order chi connectivity index (χ1) is 9.09. The summed E-state index contributed by atoms with van der Waals surface area (Å²) < 4.78 is 0. The second-order valence-electron chi connectivity index (χ2n) is 5.16. The van der Waals surface area contributed by atoms with Crippen LogP contribution in [0.15, 0.2) is 24.3 Å². The molecule has 0 spiro atoms. The maximum atomic E-state index is 12.5. The van der Waals surface area contributed by atoms with E-state index in [4.69, 9.17) is 24.4 Å². The van der Waals surface area contributed by atoms with E-state index in [0.29, 0.717) is 22.8 Å². The van der Waals surface area contributed by atoms with Crippen LogP contribution in [0.1, 0.15) is 12.8 Å². The monoisotopic (exact) mass is 291 g/mol. The zero-order chi connectivity index (χ0) is 13.6. The van der Waals surface area contributed by atoms with Gasteiger partial charge in [-0.2, -0.15) is 0 Å². The molecule has 3 atom stereocenters. The molecule has 2 aliphatic carbocycles. The molecule has 0 bridgehead atoms. The number of hydrogen-bond donors (Lipinski definition) is 1. The number of Topliss-reactive ketones (excluding diaryl/α,β-unsaturated/α-hetero) is 2. The van der Waals surface area contributed by atoms with Gasteiger partial charge in [0, 0.05) is 17.8 Å². The standard InChI is InChI=1S/C14H13NO2S2/c16-12-7-3-1-2-4-8(7)13(17)11(12)9-5-6-10(18)15-14(9)19/h1-4,7-9,11H,5-6H2,(H,15,18,19). The van der Waals surface area contributed by atoms with E-state index in [9.17, 15) is 9.59 Å². The summed E-state index contributed by atoms with van der Waals surface area (Å²) >= 11 is 10.4. The molecule has 1 aliphatic heterocycles. The SMILES string of the molecule is O=C1C2C=CC=CC2C(=O)C1C1CCC(=S)NC1=S. The van der Waals surface area contributed by atoms with Gasteiger partial charge in [-0.25, -0.2) is 0 Å². The lowest BCUT2D eigenvalue weighted by atomic mass is 9.83. The number of piperidine rings is 1. The zero-order valence-electron chi connectivity index (χ0n) is 10.2. The van der Waals surface area contributed by atoms with Crippen molar-refractivity contribution >= 4 is 46.0 Å². The molecule has 3 nitrogen and oxygen atoms in total. The lowest BCUT2D eigenvalue weighted by Gasteiger charge is -2.28. The topological polar surface area (TPSA) is 46.2 Å². The van der Waals surface area contributed by atoms with E-state index in [1.807, 2.05) is 24.3 Å². The minimum Gasteiger partial charge on any atom is -0.344 e. The third-order valence-electron chi connectivity index (χ3n) is 4.09. The smallest absolute Gasteiger partial charge is 0.151 e. The van der Waals surface area contributed by atoms with Crippen molar-refractivity contribution in [3.8, 4) is 0 Å². The van der Waals surface area contributed by atoms with E-state index in [-0.39, 0.29) is 29.3 Å². The van der Waals surface area contributed by atoms with Gasteiger partial charge in [-0.1, -0.05) is 48.7 Å². The summed E-state index contributed by atoms with van der Waals surface area (Å²) in [5, 5.41) is 2.95. The molecule has 0 aromatic heterocycles. The summed E-state index contributed by atoms with van der Waals surface area (Å²) in [5.41, 5.74) is 0. The maximum Gasteiger partial charge on any atom is 0.151 e. The number of carbonyl (C=O) groups is 2. The minimum absolute atomic E-state index is 0.0116. The predicted octanol–water partition coefficient (Wildman–Crippen LogP) is 1.77. The van der Waals surface area contributed by atoms with Gasteiger partial charge in [0.05, 0.1) is 15.9 Å². The van der Waals surface area contributed by atoms with Gasteiger partial charge in [0.15, 0.2) is 11.6 Å². The lowest BCUT2D eigenvalue weighted by molar-refractivity contribution is -0.129. The molecule has 3 aliphatic rings. The van der Waals surface area contributed by atoms with Crippen molar-refractivity contribution in [1.29, 1.82) is 0 Å². The Morgan fingerprint density at radius 2 is 1.63 bits per heavy atom. The Morgan fingerprint density at radius 1 is 1.05 bits per heavy atom. The van der Waals surface area contributed by atoms with Gasteiger partial charge in [0.1, 0.15) is 0 Å². The summed E-state index contributed by atoms with van der Waals surface area (Å²) in [7, 11) is 0. The first-order valence-electron chi connectivity index (χ1n) is 6.36. The second-order valence-corrected chi connectivity index (χ2v) is 6.09. The molecule has 1 saturated carbocycles.